The van der Waals surface area contributed by atoms with Crippen LogP contribution in [0.3, 0.4) is 0 Å². The quantitative estimate of drug-likeness (QED) is 0.132. The molecule has 1 amide bonds. The highest BCUT2D eigenvalue weighted by molar-refractivity contribution is 6.09. The van der Waals surface area contributed by atoms with Crippen LogP contribution in [0.2, 0.25) is 0 Å². The summed E-state index contributed by atoms with van der Waals surface area (Å²) in [7, 11) is 2.99. The summed E-state index contributed by atoms with van der Waals surface area (Å²) in [6.45, 7) is 4.38. The maximum Gasteiger partial charge on any atom is 0.337 e. The third kappa shape index (κ3) is 5.57. The zero-order valence-corrected chi connectivity index (χ0v) is 25.6. The number of carbonyl (C=O) groups excluding carboxylic acids is 3. The van der Waals surface area contributed by atoms with Gasteiger partial charge in [0.1, 0.15) is 0 Å². The lowest BCUT2D eigenvalue weighted by Gasteiger charge is -2.41. The fourth-order valence-electron chi connectivity index (χ4n) is 7.71. The first kappa shape index (κ1) is 29.8. The van der Waals surface area contributed by atoms with Crippen LogP contribution in [0.1, 0.15) is 59.2 Å². The summed E-state index contributed by atoms with van der Waals surface area (Å²) in [5, 5.41) is 0. The summed E-state index contributed by atoms with van der Waals surface area (Å²) in [5.74, 6) is 0.154. The van der Waals surface area contributed by atoms with E-state index in [4.69, 9.17) is 9.47 Å². The summed E-state index contributed by atoms with van der Waals surface area (Å²) in [5.41, 5.74) is 4.94. The fourth-order valence-corrected chi connectivity index (χ4v) is 7.71. The van der Waals surface area contributed by atoms with Gasteiger partial charge >= 0.3 is 5.97 Å². The molecule has 6 rings (SSSR count). The normalized spacial score (nSPS) is 25.0. The van der Waals surface area contributed by atoms with Gasteiger partial charge in [-0.05, 0) is 47.8 Å². The lowest BCUT2D eigenvalue weighted by Crippen LogP contribution is -2.45. The Morgan fingerprint density at radius 3 is 2.30 bits per heavy atom. The van der Waals surface area contributed by atoms with Crippen LogP contribution < -0.4 is 4.90 Å². The number of anilines is 1. The molecule has 0 N–H and O–H groups in total. The van der Waals surface area contributed by atoms with Crippen molar-refractivity contribution in [2.75, 3.05) is 32.2 Å². The first-order valence-corrected chi connectivity index (χ1v) is 15.6. The van der Waals surface area contributed by atoms with Gasteiger partial charge in [-0.2, -0.15) is 0 Å². The summed E-state index contributed by atoms with van der Waals surface area (Å²) < 4.78 is 10.4. The average Bonchev–Trinajstić information content (AvgIpc) is 3.60. The standard InChI is InChI=1S/C37H40N2O5/c1-4-25-21-38-22-28(18-29(38)19-31(25)32(23-43-2)37(42)44-3)34-30-12-8-9-13-33(30)39(36(34)41)20-24-14-16-27(17-15-24)35(40)26-10-6-5-7-11-26/h5-17,23,25,28-29,31,34H,4,18-22H2,1-3H3/b32-23+/t25-,28?,29?,31-,34?/m0/s1. The summed E-state index contributed by atoms with van der Waals surface area (Å²) in [6, 6.07) is 25.3. The highest BCUT2D eigenvalue weighted by atomic mass is 16.5. The predicted molar refractivity (Wildman–Crippen MR) is 169 cm³/mol. The van der Waals surface area contributed by atoms with Gasteiger partial charge in [0.2, 0.25) is 5.91 Å². The summed E-state index contributed by atoms with van der Waals surface area (Å²) in [6.07, 6.45) is 4.26. The molecular formula is C37H40N2O5. The maximum absolute atomic E-state index is 14.2. The number of benzene rings is 3. The van der Waals surface area contributed by atoms with E-state index in [9.17, 15) is 14.4 Å². The molecule has 3 heterocycles. The molecule has 7 nitrogen and oxygen atoms in total. The van der Waals surface area contributed by atoms with E-state index < -0.39 is 0 Å². The van der Waals surface area contributed by atoms with E-state index in [1.807, 2.05) is 77.7 Å². The Bertz CT molecular complexity index is 1550. The van der Waals surface area contributed by atoms with Crippen LogP contribution in [0.15, 0.2) is 90.7 Å². The van der Waals surface area contributed by atoms with E-state index in [1.54, 1.807) is 13.4 Å². The van der Waals surface area contributed by atoms with E-state index in [0.717, 1.165) is 49.2 Å². The van der Waals surface area contributed by atoms with Crippen LogP contribution >= 0.6 is 0 Å². The van der Waals surface area contributed by atoms with E-state index in [2.05, 4.69) is 17.9 Å². The predicted octanol–water partition coefficient (Wildman–Crippen LogP) is 5.99. The van der Waals surface area contributed by atoms with Gasteiger partial charge in [0.15, 0.2) is 5.78 Å². The van der Waals surface area contributed by atoms with Gasteiger partial charge in [-0.25, -0.2) is 4.79 Å². The van der Waals surface area contributed by atoms with Crippen molar-refractivity contribution in [3.05, 3.63) is 113 Å². The first-order chi connectivity index (χ1) is 21.4. The minimum Gasteiger partial charge on any atom is -0.504 e. The zero-order valence-electron chi connectivity index (χ0n) is 25.6. The van der Waals surface area contributed by atoms with Gasteiger partial charge in [-0.15, -0.1) is 0 Å². The SMILES string of the molecule is CC[C@H]1CN2CC(C3C(=O)N(Cc4ccc(C(=O)c5ccccc5)cc4)c4ccccc43)CC2C[C@@H]1/C(=C\OC)C(=O)OC. The number of ketones is 1. The smallest absolute Gasteiger partial charge is 0.337 e. The second-order valence-corrected chi connectivity index (χ2v) is 12.3. The number of methoxy groups -OCH3 is 2. The van der Waals surface area contributed by atoms with Crippen LogP contribution in [0.4, 0.5) is 5.69 Å². The highest BCUT2D eigenvalue weighted by Gasteiger charge is 2.49. The second kappa shape index (κ2) is 12.8. The molecule has 7 heteroatoms. The largest absolute Gasteiger partial charge is 0.504 e. The van der Waals surface area contributed by atoms with Crippen LogP contribution in [0.5, 0.6) is 0 Å². The number of esters is 1. The molecular weight excluding hydrogens is 552 g/mol. The number of fused-ring (bicyclic) bond motifs is 2. The van der Waals surface area contributed by atoms with Crippen molar-refractivity contribution in [2.24, 2.45) is 17.8 Å². The lowest BCUT2D eigenvalue weighted by molar-refractivity contribution is -0.137. The minimum absolute atomic E-state index is 0.0125. The van der Waals surface area contributed by atoms with Crippen molar-refractivity contribution in [3.63, 3.8) is 0 Å². The molecule has 2 saturated heterocycles. The topological polar surface area (TPSA) is 76.2 Å². The minimum atomic E-state index is -0.327. The number of rotatable bonds is 9. The van der Waals surface area contributed by atoms with Crippen molar-refractivity contribution in [3.8, 4) is 0 Å². The fraction of sp³-hybridized carbons (Fsp3) is 0.378. The van der Waals surface area contributed by atoms with Crippen molar-refractivity contribution >= 4 is 23.3 Å². The van der Waals surface area contributed by atoms with Gasteiger partial charge in [-0.3, -0.25) is 14.5 Å². The number of nitrogens with zero attached hydrogens (tertiary/aromatic N) is 2. The first-order valence-electron chi connectivity index (χ1n) is 15.6. The van der Waals surface area contributed by atoms with E-state index in [-0.39, 0.29) is 35.4 Å². The van der Waals surface area contributed by atoms with Crippen molar-refractivity contribution in [2.45, 2.75) is 44.7 Å². The molecule has 0 radical (unpaired) electrons. The molecule has 0 spiro atoms. The van der Waals surface area contributed by atoms with Crippen molar-refractivity contribution in [1.29, 1.82) is 0 Å². The molecule has 0 saturated carbocycles. The van der Waals surface area contributed by atoms with Gasteiger partial charge < -0.3 is 14.4 Å². The number of hydrogen-bond acceptors (Lipinski definition) is 6. The van der Waals surface area contributed by atoms with E-state index >= 15 is 0 Å². The van der Waals surface area contributed by atoms with Gasteiger partial charge in [0.05, 0.1) is 38.5 Å². The molecule has 0 aliphatic carbocycles. The Morgan fingerprint density at radius 2 is 1.59 bits per heavy atom. The summed E-state index contributed by atoms with van der Waals surface area (Å²) in [4.78, 5) is 44.2. The average molecular weight is 593 g/mol. The molecule has 3 aromatic carbocycles. The van der Waals surface area contributed by atoms with Crippen LogP contribution in [0.25, 0.3) is 0 Å². The Morgan fingerprint density at radius 1 is 0.886 bits per heavy atom. The van der Waals surface area contributed by atoms with E-state index in [1.165, 1.54) is 7.11 Å². The molecule has 3 aliphatic rings. The van der Waals surface area contributed by atoms with Crippen LogP contribution in [0, 0.1) is 17.8 Å². The Labute approximate surface area is 259 Å². The summed E-state index contributed by atoms with van der Waals surface area (Å²) >= 11 is 0. The van der Waals surface area contributed by atoms with Crippen LogP contribution in [-0.4, -0.2) is 55.9 Å². The third-order valence-electron chi connectivity index (χ3n) is 9.87. The molecule has 2 fully saturated rings. The molecule has 3 unspecified atom stereocenters. The number of ether oxygens (including phenoxy) is 2. The van der Waals surface area contributed by atoms with Crippen LogP contribution in [-0.2, 0) is 25.6 Å². The second-order valence-electron chi connectivity index (χ2n) is 12.3. The number of carbonyl (C=O) groups is 3. The Kier molecular flexibility index (Phi) is 8.67. The monoisotopic (exact) mass is 592 g/mol. The number of piperidine rings is 1. The van der Waals surface area contributed by atoms with Gasteiger partial charge in [-0.1, -0.05) is 86.1 Å². The van der Waals surface area contributed by atoms with Gasteiger partial charge in [0, 0.05) is 35.9 Å². The third-order valence-corrected chi connectivity index (χ3v) is 9.87. The van der Waals surface area contributed by atoms with Gasteiger partial charge in [0.25, 0.3) is 0 Å². The van der Waals surface area contributed by atoms with Crippen molar-refractivity contribution < 1.29 is 23.9 Å². The molecule has 44 heavy (non-hydrogen) atoms. The molecule has 228 valence electrons. The number of para-hydroxylation sites is 1. The van der Waals surface area contributed by atoms with E-state index in [0.29, 0.717) is 35.2 Å². The molecule has 3 aromatic rings. The number of amides is 1. The lowest BCUT2D eigenvalue weighted by atomic mass is 9.76. The highest BCUT2D eigenvalue weighted by Crippen LogP contribution is 2.49. The Balaban J connectivity index is 1.20. The molecule has 0 aromatic heterocycles. The zero-order chi connectivity index (χ0) is 30.8. The molecule has 3 aliphatic heterocycles. The number of hydrogen-bond donors (Lipinski definition) is 0. The maximum atomic E-state index is 14.2. The molecule has 5 atom stereocenters. The van der Waals surface area contributed by atoms with Crippen molar-refractivity contribution in [1.82, 2.24) is 4.90 Å². The Hall–Kier alpha value is -4.23. The molecule has 0 bridgehead atoms.